The zero-order valence-electron chi connectivity index (χ0n) is 11.2. The van der Waals surface area contributed by atoms with Gasteiger partial charge in [-0.25, -0.2) is 0 Å². The van der Waals surface area contributed by atoms with Gasteiger partial charge in [-0.15, -0.1) is 0 Å². The molecule has 0 heterocycles. The van der Waals surface area contributed by atoms with Gasteiger partial charge < -0.3 is 4.90 Å². The molecule has 0 atom stereocenters. The first kappa shape index (κ1) is 13.3. The maximum Gasteiger partial charge on any atom is 0.298 e. The molecule has 0 aliphatic heterocycles. The molecule has 0 saturated heterocycles. The van der Waals surface area contributed by atoms with Crippen LogP contribution in [0.5, 0.6) is 0 Å². The number of carbonyl (C=O) groups excluding carboxylic acids is 1. The highest BCUT2D eigenvalue weighted by atomic mass is 16.2. The number of amides is 1. The second-order valence-electron chi connectivity index (χ2n) is 5.28. The summed E-state index contributed by atoms with van der Waals surface area (Å²) in [5, 5.41) is 0. The average Bonchev–Trinajstić information content (AvgIpc) is 2.25. The Balaban J connectivity index is 2.98. The molecule has 0 aromatic heterocycles. The monoisotopic (exact) mass is 229 g/mol. The second-order valence-corrected chi connectivity index (χ2v) is 5.28. The summed E-state index contributed by atoms with van der Waals surface area (Å²) in [7, 11) is 3.39. The zero-order chi connectivity index (χ0) is 13.1. The Morgan fingerprint density at radius 2 is 1.88 bits per heavy atom. The molecule has 0 fully saturated rings. The van der Waals surface area contributed by atoms with E-state index in [0.29, 0.717) is 0 Å². The fourth-order valence-corrected chi connectivity index (χ4v) is 1.30. The summed E-state index contributed by atoms with van der Waals surface area (Å²) < 4.78 is 0. The average molecular weight is 229 g/mol. The van der Waals surface area contributed by atoms with Crippen molar-refractivity contribution in [2.45, 2.75) is 26.2 Å². The van der Waals surface area contributed by atoms with Crippen molar-refractivity contribution in [1.29, 1.82) is 0 Å². The van der Waals surface area contributed by atoms with Crippen LogP contribution < -0.4 is 0 Å². The predicted octanol–water partition coefficient (Wildman–Crippen LogP) is 2.42. The van der Waals surface area contributed by atoms with E-state index >= 15 is 0 Å². The Labute approximate surface area is 104 Å². The Morgan fingerprint density at radius 3 is 2.41 bits per heavy atom. The maximum absolute atomic E-state index is 11.4. The van der Waals surface area contributed by atoms with Gasteiger partial charge in [0.05, 0.1) is 0 Å². The molecule has 1 aromatic rings. The number of rotatable bonds is 0. The largest absolute Gasteiger partial charge is 0.338 e. The highest BCUT2D eigenvalue weighted by molar-refractivity contribution is 5.93. The molecular weight excluding hydrogens is 210 g/mol. The number of benzene rings is 1. The van der Waals surface area contributed by atoms with Crippen molar-refractivity contribution in [1.82, 2.24) is 4.90 Å². The van der Waals surface area contributed by atoms with Gasteiger partial charge in [-0.3, -0.25) is 4.79 Å². The first-order chi connectivity index (χ1) is 7.80. The smallest absolute Gasteiger partial charge is 0.298 e. The zero-order valence-corrected chi connectivity index (χ0v) is 11.2. The predicted molar refractivity (Wildman–Crippen MR) is 70.7 cm³/mol. The second kappa shape index (κ2) is 5.05. The normalized spacial score (nSPS) is 10.4. The molecule has 1 rings (SSSR count). The molecule has 0 unspecified atom stereocenters. The van der Waals surface area contributed by atoms with Gasteiger partial charge in [-0.2, -0.15) is 0 Å². The van der Waals surface area contributed by atoms with Gasteiger partial charge in [0.25, 0.3) is 5.91 Å². The lowest BCUT2D eigenvalue weighted by Crippen LogP contribution is -2.19. The number of nitrogens with zero attached hydrogens (tertiary/aromatic N) is 1. The fraction of sp³-hybridized carbons (Fsp3) is 0.400. The molecule has 0 radical (unpaired) electrons. The van der Waals surface area contributed by atoms with Crippen LogP contribution in [0.4, 0.5) is 0 Å². The van der Waals surface area contributed by atoms with Crippen molar-refractivity contribution in [2.24, 2.45) is 0 Å². The van der Waals surface area contributed by atoms with E-state index < -0.39 is 0 Å². The molecule has 1 amide bonds. The van der Waals surface area contributed by atoms with Gasteiger partial charge in [0, 0.05) is 25.6 Å². The van der Waals surface area contributed by atoms with Crippen LogP contribution in [0.1, 0.15) is 31.9 Å². The molecule has 0 bridgehead atoms. The van der Waals surface area contributed by atoms with E-state index in [1.807, 2.05) is 18.2 Å². The molecule has 0 spiro atoms. The summed E-state index contributed by atoms with van der Waals surface area (Å²) in [5.41, 5.74) is 2.21. The minimum Gasteiger partial charge on any atom is -0.338 e. The first-order valence-electron chi connectivity index (χ1n) is 5.64. The van der Waals surface area contributed by atoms with Crippen LogP contribution in [0.2, 0.25) is 0 Å². The Morgan fingerprint density at radius 1 is 1.24 bits per heavy atom. The molecule has 0 aliphatic rings. The highest BCUT2D eigenvalue weighted by Gasteiger charge is 2.12. The van der Waals surface area contributed by atoms with E-state index in [1.54, 1.807) is 14.1 Å². The highest BCUT2D eigenvalue weighted by Crippen LogP contribution is 2.22. The number of hydrogen-bond donors (Lipinski definition) is 0. The van der Waals surface area contributed by atoms with Gasteiger partial charge in [0.15, 0.2) is 0 Å². The molecule has 0 saturated carbocycles. The standard InChI is InChI=1S/C15H19NO/c1-15(2,3)13-8-6-7-12(11-13)9-10-14(17)16(4)5/h6-8,11H,1-5H3. The van der Waals surface area contributed by atoms with Crippen LogP contribution in [0.25, 0.3) is 0 Å². The topological polar surface area (TPSA) is 20.3 Å². The molecule has 90 valence electrons. The third-order valence-corrected chi connectivity index (χ3v) is 2.45. The van der Waals surface area contributed by atoms with Crippen molar-refractivity contribution >= 4 is 5.91 Å². The van der Waals surface area contributed by atoms with E-state index in [9.17, 15) is 4.79 Å². The summed E-state index contributed by atoms with van der Waals surface area (Å²) >= 11 is 0. The lowest BCUT2D eigenvalue weighted by molar-refractivity contribution is -0.122. The molecular formula is C15H19NO. The van der Waals surface area contributed by atoms with Gasteiger partial charge in [0.1, 0.15) is 0 Å². The fourth-order valence-electron chi connectivity index (χ4n) is 1.30. The first-order valence-corrected chi connectivity index (χ1v) is 5.64. The van der Waals surface area contributed by atoms with Crippen LogP contribution in [0, 0.1) is 11.8 Å². The van der Waals surface area contributed by atoms with Gasteiger partial charge in [0.2, 0.25) is 0 Å². The molecule has 1 aromatic carbocycles. The Hall–Kier alpha value is -1.75. The third kappa shape index (κ3) is 3.96. The Bertz CT molecular complexity index is 470. The summed E-state index contributed by atoms with van der Waals surface area (Å²) in [6.45, 7) is 6.47. The lowest BCUT2D eigenvalue weighted by atomic mass is 9.86. The van der Waals surface area contributed by atoms with Crippen LogP contribution in [-0.2, 0) is 10.2 Å². The van der Waals surface area contributed by atoms with E-state index in [-0.39, 0.29) is 11.3 Å². The molecule has 0 aliphatic carbocycles. The minimum atomic E-state index is -0.175. The maximum atomic E-state index is 11.4. The molecule has 0 N–H and O–H groups in total. The number of carbonyl (C=O) groups is 1. The lowest BCUT2D eigenvalue weighted by Gasteiger charge is -2.18. The van der Waals surface area contributed by atoms with Gasteiger partial charge in [-0.05, 0) is 23.1 Å². The SMILES string of the molecule is CN(C)C(=O)C#Cc1cccc(C(C)(C)C)c1. The summed E-state index contributed by atoms with van der Waals surface area (Å²) in [6, 6.07) is 8.02. The van der Waals surface area contributed by atoms with Crippen LogP contribution in [-0.4, -0.2) is 24.9 Å². The van der Waals surface area contributed by atoms with Crippen molar-refractivity contribution in [3.8, 4) is 11.8 Å². The van der Waals surface area contributed by atoms with Crippen molar-refractivity contribution in [3.63, 3.8) is 0 Å². The quantitative estimate of drug-likeness (QED) is 0.626. The van der Waals surface area contributed by atoms with E-state index in [1.165, 1.54) is 10.5 Å². The Kier molecular flexibility index (Phi) is 3.96. The summed E-state index contributed by atoms with van der Waals surface area (Å²) in [4.78, 5) is 12.8. The molecule has 17 heavy (non-hydrogen) atoms. The summed E-state index contributed by atoms with van der Waals surface area (Å²) in [6.07, 6.45) is 0. The van der Waals surface area contributed by atoms with E-state index in [0.717, 1.165) is 5.56 Å². The van der Waals surface area contributed by atoms with Crippen molar-refractivity contribution < 1.29 is 4.79 Å². The third-order valence-electron chi connectivity index (χ3n) is 2.45. The van der Waals surface area contributed by atoms with Gasteiger partial charge >= 0.3 is 0 Å². The molecule has 2 heteroatoms. The van der Waals surface area contributed by atoms with Crippen molar-refractivity contribution in [3.05, 3.63) is 35.4 Å². The van der Waals surface area contributed by atoms with Crippen LogP contribution in [0.15, 0.2) is 24.3 Å². The number of hydrogen-bond acceptors (Lipinski definition) is 1. The van der Waals surface area contributed by atoms with E-state index in [2.05, 4.69) is 38.7 Å². The molecule has 2 nitrogen and oxygen atoms in total. The van der Waals surface area contributed by atoms with Crippen LogP contribution in [0.3, 0.4) is 0 Å². The minimum absolute atomic E-state index is 0.100. The van der Waals surface area contributed by atoms with Crippen LogP contribution >= 0.6 is 0 Å². The van der Waals surface area contributed by atoms with E-state index in [4.69, 9.17) is 0 Å². The van der Waals surface area contributed by atoms with Gasteiger partial charge in [-0.1, -0.05) is 38.8 Å². The summed E-state index contributed by atoms with van der Waals surface area (Å²) in [5.74, 6) is 5.34. The van der Waals surface area contributed by atoms with Crippen molar-refractivity contribution in [2.75, 3.05) is 14.1 Å².